The lowest BCUT2D eigenvalue weighted by Crippen LogP contribution is -2.07. The number of furan rings is 1. The Labute approximate surface area is 227 Å². The zero-order valence-corrected chi connectivity index (χ0v) is 24.5. The average molecular weight is 521 g/mol. The molecule has 0 aliphatic rings. The molecule has 0 saturated heterocycles. The Morgan fingerprint density at radius 2 is 0.838 bits per heavy atom. The van der Waals surface area contributed by atoms with E-state index in [0.29, 0.717) is 13.2 Å². The Morgan fingerprint density at radius 3 is 1.16 bits per heavy atom. The molecule has 5 nitrogen and oxygen atoms in total. The van der Waals surface area contributed by atoms with Crippen LogP contribution in [0.1, 0.15) is 164 Å². The van der Waals surface area contributed by atoms with Gasteiger partial charge in [-0.05, 0) is 36.8 Å². The topological polar surface area (TPSA) is 65.7 Å². The van der Waals surface area contributed by atoms with Crippen LogP contribution in [0.4, 0.5) is 0 Å². The Morgan fingerprint density at radius 1 is 0.541 bits per heavy atom. The summed E-state index contributed by atoms with van der Waals surface area (Å²) in [5, 5.41) is 0. The van der Waals surface area contributed by atoms with Crippen LogP contribution in [0.15, 0.2) is 16.5 Å². The van der Waals surface area contributed by atoms with Gasteiger partial charge in [0.2, 0.25) is 11.5 Å². The number of rotatable bonds is 24. The molecule has 37 heavy (non-hydrogen) atoms. The summed E-state index contributed by atoms with van der Waals surface area (Å²) in [5.74, 6) is 0.700. The first kappa shape index (κ1) is 33.2. The second kappa shape index (κ2) is 22.2. The van der Waals surface area contributed by atoms with E-state index in [0.717, 1.165) is 37.5 Å². The monoisotopic (exact) mass is 520 g/mol. The van der Waals surface area contributed by atoms with Crippen molar-refractivity contribution in [2.45, 2.75) is 143 Å². The lowest BCUT2D eigenvalue weighted by molar-refractivity contribution is 0.0426. The number of unbranched alkanes of at least 4 members (excludes halogenated alkanes) is 14. The molecule has 0 spiro atoms. The Kier molecular flexibility index (Phi) is 20.0. The summed E-state index contributed by atoms with van der Waals surface area (Å²) < 4.78 is 16.0. The molecule has 0 atom stereocenters. The van der Waals surface area contributed by atoms with Gasteiger partial charge in [-0.2, -0.15) is 0 Å². The molecule has 5 heteroatoms. The largest absolute Gasteiger partial charge is 0.460 e. The Hall–Kier alpha value is -1.78. The third-order valence-electron chi connectivity index (χ3n) is 6.83. The first-order chi connectivity index (χ1) is 17.9. The minimum absolute atomic E-state index is 0.0572. The predicted molar refractivity (Wildman–Crippen MR) is 152 cm³/mol. The molecule has 0 amide bonds. The van der Waals surface area contributed by atoms with Crippen LogP contribution in [0.25, 0.3) is 0 Å². The zero-order valence-electron chi connectivity index (χ0n) is 24.5. The molecular formula is C32H56O5. The molecule has 0 aliphatic carbocycles. The van der Waals surface area contributed by atoms with Gasteiger partial charge in [0.25, 0.3) is 0 Å². The van der Waals surface area contributed by atoms with Crippen molar-refractivity contribution in [2.24, 2.45) is 11.8 Å². The van der Waals surface area contributed by atoms with Crippen molar-refractivity contribution in [3.05, 3.63) is 23.7 Å². The Balaban J connectivity index is 2.00. The average Bonchev–Trinajstić information content (AvgIpc) is 3.36. The summed E-state index contributed by atoms with van der Waals surface area (Å²) in [6.07, 6.45) is 22.0. The smallest absolute Gasteiger partial charge is 0.374 e. The van der Waals surface area contributed by atoms with Crippen LogP contribution >= 0.6 is 0 Å². The van der Waals surface area contributed by atoms with E-state index >= 15 is 0 Å². The van der Waals surface area contributed by atoms with Gasteiger partial charge in [0.15, 0.2) is 0 Å². The van der Waals surface area contributed by atoms with Crippen LogP contribution in [0.5, 0.6) is 0 Å². The van der Waals surface area contributed by atoms with Gasteiger partial charge in [0.05, 0.1) is 13.2 Å². The van der Waals surface area contributed by atoms with Crippen molar-refractivity contribution in [1.29, 1.82) is 0 Å². The fourth-order valence-electron chi connectivity index (χ4n) is 4.46. The number of hydrogen-bond donors (Lipinski definition) is 0. The van der Waals surface area contributed by atoms with Crippen LogP contribution in [0.2, 0.25) is 0 Å². The van der Waals surface area contributed by atoms with Gasteiger partial charge >= 0.3 is 11.9 Å². The zero-order chi connectivity index (χ0) is 27.1. The van der Waals surface area contributed by atoms with Crippen molar-refractivity contribution in [1.82, 2.24) is 0 Å². The standard InChI is InChI=1S/C32H56O5/c1-27(2)21-17-13-9-5-7-11-15-19-25-35-31(33)29-23-24-30(37-29)32(34)36-26-20-16-12-8-6-10-14-18-22-28(3)4/h23-24,27-28H,5-22,25-26H2,1-4H3. The van der Waals surface area contributed by atoms with Gasteiger partial charge in [-0.25, -0.2) is 9.59 Å². The molecule has 0 fully saturated rings. The van der Waals surface area contributed by atoms with Crippen LogP contribution in [0.3, 0.4) is 0 Å². The number of esters is 2. The molecule has 0 aliphatic heterocycles. The van der Waals surface area contributed by atoms with Crippen LogP contribution in [-0.4, -0.2) is 25.2 Å². The van der Waals surface area contributed by atoms with Gasteiger partial charge in [0.1, 0.15) is 0 Å². The van der Waals surface area contributed by atoms with Crippen molar-refractivity contribution in [3.63, 3.8) is 0 Å². The summed E-state index contributed by atoms with van der Waals surface area (Å²) in [7, 11) is 0. The van der Waals surface area contributed by atoms with E-state index < -0.39 is 11.9 Å². The van der Waals surface area contributed by atoms with Gasteiger partial charge in [0, 0.05) is 0 Å². The molecule has 0 N–H and O–H groups in total. The predicted octanol–water partition coefficient (Wildman–Crippen LogP) is 9.93. The molecule has 1 aromatic heterocycles. The maximum Gasteiger partial charge on any atom is 0.374 e. The lowest BCUT2D eigenvalue weighted by atomic mass is 10.0. The maximum atomic E-state index is 12.2. The molecule has 1 aromatic rings. The highest BCUT2D eigenvalue weighted by Gasteiger charge is 2.17. The first-order valence-corrected chi connectivity index (χ1v) is 15.3. The van der Waals surface area contributed by atoms with Gasteiger partial charge in [-0.1, -0.05) is 130 Å². The SMILES string of the molecule is CC(C)CCCCCCCCCCOC(=O)c1ccc(C(=O)OCCCCCCCCCCC(C)C)o1. The summed E-state index contributed by atoms with van der Waals surface area (Å²) in [6, 6.07) is 2.97. The van der Waals surface area contributed by atoms with E-state index in [4.69, 9.17) is 13.9 Å². The number of carbonyl (C=O) groups is 2. The highest BCUT2D eigenvalue weighted by molar-refractivity contribution is 5.90. The highest BCUT2D eigenvalue weighted by Crippen LogP contribution is 2.15. The molecule has 0 radical (unpaired) electrons. The summed E-state index contributed by atoms with van der Waals surface area (Å²) in [4.78, 5) is 24.3. The summed E-state index contributed by atoms with van der Waals surface area (Å²) in [6.45, 7) is 9.90. The molecule has 0 aromatic carbocycles. The third-order valence-corrected chi connectivity index (χ3v) is 6.83. The van der Waals surface area contributed by atoms with Crippen molar-refractivity contribution < 1.29 is 23.5 Å². The lowest BCUT2D eigenvalue weighted by Gasteiger charge is -2.05. The van der Waals surface area contributed by atoms with Crippen molar-refractivity contribution in [3.8, 4) is 0 Å². The summed E-state index contributed by atoms with van der Waals surface area (Å²) >= 11 is 0. The minimum Gasteiger partial charge on any atom is -0.460 e. The third kappa shape index (κ3) is 19.0. The number of ether oxygens (including phenoxy) is 2. The molecule has 0 unspecified atom stereocenters. The molecule has 0 bridgehead atoms. The summed E-state index contributed by atoms with van der Waals surface area (Å²) in [5.41, 5.74) is 0. The van der Waals surface area contributed by atoms with E-state index in [2.05, 4.69) is 27.7 Å². The molecule has 1 heterocycles. The van der Waals surface area contributed by atoms with E-state index in [1.54, 1.807) is 0 Å². The van der Waals surface area contributed by atoms with E-state index in [1.165, 1.54) is 102 Å². The van der Waals surface area contributed by atoms with Crippen molar-refractivity contribution in [2.75, 3.05) is 13.2 Å². The van der Waals surface area contributed by atoms with Crippen LogP contribution in [-0.2, 0) is 9.47 Å². The second-order valence-corrected chi connectivity index (χ2v) is 11.5. The van der Waals surface area contributed by atoms with Crippen molar-refractivity contribution >= 4 is 11.9 Å². The van der Waals surface area contributed by atoms with E-state index in [-0.39, 0.29) is 11.5 Å². The number of hydrogen-bond acceptors (Lipinski definition) is 5. The van der Waals surface area contributed by atoms with E-state index in [1.807, 2.05) is 0 Å². The van der Waals surface area contributed by atoms with Crippen LogP contribution < -0.4 is 0 Å². The molecule has 0 saturated carbocycles. The molecular weight excluding hydrogens is 464 g/mol. The van der Waals surface area contributed by atoms with Crippen LogP contribution in [0, 0.1) is 11.8 Å². The normalized spacial score (nSPS) is 11.4. The first-order valence-electron chi connectivity index (χ1n) is 15.3. The quantitative estimate of drug-likeness (QED) is 0.100. The maximum absolute atomic E-state index is 12.2. The fourth-order valence-corrected chi connectivity index (χ4v) is 4.46. The van der Waals surface area contributed by atoms with E-state index in [9.17, 15) is 9.59 Å². The van der Waals surface area contributed by atoms with Gasteiger partial charge in [-0.15, -0.1) is 0 Å². The van der Waals surface area contributed by atoms with Gasteiger partial charge in [-0.3, -0.25) is 0 Å². The molecule has 1 rings (SSSR count). The Bertz CT molecular complexity index is 635. The fraction of sp³-hybridized carbons (Fsp3) is 0.812. The van der Waals surface area contributed by atoms with Gasteiger partial charge < -0.3 is 13.9 Å². The number of carbonyl (C=O) groups excluding carboxylic acids is 2. The molecule has 214 valence electrons. The minimum atomic E-state index is -0.520. The highest BCUT2D eigenvalue weighted by atomic mass is 16.6. The second-order valence-electron chi connectivity index (χ2n) is 11.5.